The van der Waals surface area contributed by atoms with Gasteiger partial charge in [0.2, 0.25) is 5.91 Å². The molecule has 1 aliphatic heterocycles. The second-order valence-electron chi connectivity index (χ2n) is 5.36. The zero-order valence-corrected chi connectivity index (χ0v) is 10.9. The molecule has 1 atom stereocenters. The first kappa shape index (κ1) is 12.8. The maximum atomic E-state index is 11.8. The molecule has 2 N–H and O–H groups in total. The molecule has 1 amide bonds. The van der Waals surface area contributed by atoms with Crippen molar-refractivity contribution in [3.05, 3.63) is 0 Å². The first-order valence-corrected chi connectivity index (χ1v) is 6.98. The minimum atomic E-state index is 0.0618. The number of carbonyl (C=O) groups is 1. The van der Waals surface area contributed by atoms with Crippen LogP contribution in [0.3, 0.4) is 0 Å². The van der Waals surface area contributed by atoms with Crippen molar-refractivity contribution in [3.63, 3.8) is 0 Å². The summed E-state index contributed by atoms with van der Waals surface area (Å²) >= 11 is 0. The van der Waals surface area contributed by atoms with Gasteiger partial charge in [-0.1, -0.05) is 12.8 Å². The quantitative estimate of drug-likeness (QED) is 0.743. The van der Waals surface area contributed by atoms with Gasteiger partial charge in [-0.15, -0.1) is 0 Å². The number of carbonyl (C=O) groups excluding carboxylic acids is 1. The zero-order chi connectivity index (χ0) is 12.1. The van der Waals surface area contributed by atoms with Crippen LogP contribution in [0.2, 0.25) is 0 Å². The molecule has 17 heavy (non-hydrogen) atoms. The van der Waals surface area contributed by atoms with Crippen molar-refractivity contribution in [2.45, 2.75) is 50.6 Å². The number of likely N-dealkylation sites (N-methyl/N-ethyl adjacent to an activating group) is 1. The fourth-order valence-electron chi connectivity index (χ4n) is 2.91. The van der Waals surface area contributed by atoms with Gasteiger partial charge in [-0.2, -0.15) is 0 Å². The van der Waals surface area contributed by atoms with Crippen molar-refractivity contribution < 1.29 is 4.79 Å². The van der Waals surface area contributed by atoms with E-state index in [2.05, 4.69) is 22.6 Å². The summed E-state index contributed by atoms with van der Waals surface area (Å²) in [5, 5.41) is 6.26. The predicted octanol–water partition coefficient (Wildman–Crippen LogP) is 0.729. The lowest BCUT2D eigenvalue weighted by Gasteiger charge is -2.24. The summed E-state index contributed by atoms with van der Waals surface area (Å²) in [6, 6.07) is 0.809. The van der Waals surface area contributed by atoms with Crippen LogP contribution in [0.5, 0.6) is 0 Å². The Kier molecular flexibility index (Phi) is 4.80. The van der Waals surface area contributed by atoms with Crippen LogP contribution in [-0.4, -0.2) is 49.6 Å². The number of nitrogens with one attached hydrogen (secondary N) is 2. The zero-order valence-electron chi connectivity index (χ0n) is 10.9. The van der Waals surface area contributed by atoms with E-state index >= 15 is 0 Å². The molecule has 4 heteroatoms. The van der Waals surface area contributed by atoms with Gasteiger partial charge in [-0.25, -0.2) is 0 Å². The molecule has 2 aliphatic rings. The number of amides is 1. The second kappa shape index (κ2) is 6.36. The van der Waals surface area contributed by atoms with Gasteiger partial charge in [-0.05, 0) is 39.3 Å². The topological polar surface area (TPSA) is 44.4 Å². The lowest BCUT2D eigenvalue weighted by atomic mass is 10.2. The van der Waals surface area contributed by atoms with Gasteiger partial charge in [0.1, 0.15) is 0 Å². The van der Waals surface area contributed by atoms with Crippen molar-refractivity contribution in [1.82, 2.24) is 15.5 Å². The van der Waals surface area contributed by atoms with Gasteiger partial charge in [0, 0.05) is 19.1 Å². The molecule has 1 aliphatic carbocycles. The fraction of sp³-hybridized carbons (Fsp3) is 0.923. The number of nitrogens with zero attached hydrogens (tertiary/aromatic N) is 1. The van der Waals surface area contributed by atoms with Crippen LogP contribution in [0.25, 0.3) is 0 Å². The molecule has 0 radical (unpaired) electrons. The molecule has 0 bridgehead atoms. The molecule has 0 aromatic carbocycles. The van der Waals surface area contributed by atoms with E-state index in [0.717, 1.165) is 38.5 Å². The van der Waals surface area contributed by atoms with Crippen molar-refractivity contribution in [1.29, 1.82) is 0 Å². The van der Waals surface area contributed by atoms with Gasteiger partial charge < -0.3 is 15.5 Å². The van der Waals surface area contributed by atoms with Crippen LogP contribution >= 0.6 is 0 Å². The second-order valence-corrected chi connectivity index (χ2v) is 5.36. The van der Waals surface area contributed by atoms with Crippen LogP contribution in [0.4, 0.5) is 0 Å². The molecular weight excluding hydrogens is 214 g/mol. The maximum Gasteiger partial charge on any atom is 0.237 e. The van der Waals surface area contributed by atoms with Gasteiger partial charge in [-0.3, -0.25) is 4.79 Å². The van der Waals surface area contributed by atoms with Gasteiger partial charge in [0.15, 0.2) is 0 Å². The van der Waals surface area contributed by atoms with Crippen molar-refractivity contribution in [3.8, 4) is 0 Å². The first-order valence-electron chi connectivity index (χ1n) is 6.98. The summed E-state index contributed by atoms with van der Waals surface area (Å²) in [5.41, 5.74) is 0. The summed E-state index contributed by atoms with van der Waals surface area (Å²) in [7, 11) is 2.18. The lowest BCUT2D eigenvalue weighted by molar-refractivity contribution is -0.122. The fourth-order valence-corrected chi connectivity index (χ4v) is 2.91. The van der Waals surface area contributed by atoms with E-state index in [1.165, 1.54) is 25.7 Å². The minimum absolute atomic E-state index is 0.0618. The predicted molar refractivity (Wildman–Crippen MR) is 68.9 cm³/mol. The van der Waals surface area contributed by atoms with E-state index < -0.39 is 0 Å². The number of hydrogen-bond acceptors (Lipinski definition) is 3. The Morgan fingerprint density at radius 3 is 2.71 bits per heavy atom. The smallest absolute Gasteiger partial charge is 0.237 e. The van der Waals surface area contributed by atoms with Crippen LogP contribution in [0.15, 0.2) is 0 Å². The summed E-state index contributed by atoms with van der Waals surface area (Å²) in [6.45, 7) is 2.74. The Morgan fingerprint density at radius 1 is 1.29 bits per heavy atom. The van der Waals surface area contributed by atoms with Crippen molar-refractivity contribution >= 4 is 5.91 Å². The molecular formula is C13H25N3O. The summed E-state index contributed by atoms with van der Waals surface area (Å²) in [5.74, 6) is 0.183. The van der Waals surface area contributed by atoms with E-state index in [-0.39, 0.29) is 11.9 Å². The van der Waals surface area contributed by atoms with Crippen LogP contribution in [-0.2, 0) is 4.79 Å². The Hall–Kier alpha value is -0.610. The van der Waals surface area contributed by atoms with E-state index in [1.807, 2.05) is 0 Å². The molecule has 0 aromatic heterocycles. The molecule has 4 nitrogen and oxygen atoms in total. The highest BCUT2D eigenvalue weighted by atomic mass is 16.2. The van der Waals surface area contributed by atoms with Crippen LogP contribution in [0.1, 0.15) is 38.5 Å². The molecule has 0 spiro atoms. The Labute approximate surface area is 104 Å². The summed E-state index contributed by atoms with van der Waals surface area (Å²) in [6.07, 6.45) is 7.51. The monoisotopic (exact) mass is 239 g/mol. The molecule has 1 heterocycles. The van der Waals surface area contributed by atoms with Gasteiger partial charge in [0.05, 0.1) is 6.04 Å². The van der Waals surface area contributed by atoms with Crippen molar-refractivity contribution in [2.75, 3.05) is 26.7 Å². The molecule has 1 saturated carbocycles. The number of rotatable bonds is 5. The summed E-state index contributed by atoms with van der Waals surface area (Å²) in [4.78, 5) is 14.2. The van der Waals surface area contributed by atoms with Crippen LogP contribution in [0, 0.1) is 0 Å². The number of hydrogen-bond donors (Lipinski definition) is 2. The largest absolute Gasteiger partial charge is 0.353 e. The minimum Gasteiger partial charge on any atom is -0.353 e. The molecule has 2 rings (SSSR count). The lowest BCUT2D eigenvalue weighted by Crippen LogP contribution is -2.44. The van der Waals surface area contributed by atoms with E-state index in [0.29, 0.717) is 0 Å². The van der Waals surface area contributed by atoms with E-state index in [1.54, 1.807) is 0 Å². The molecule has 1 unspecified atom stereocenters. The molecule has 2 fully saturated rings. The third kappa shape index (κ3) is 3.68. The summed E-state index contributed by atoms with van der Waals surface area (Å²) < 4.78 is 0. The third-order valence-corrected chi connectivity index (χ3v) is 4.09. The third-order valence-electron chi connectivity index (χ3n) is 4.09. The highest BCUT2D eigenvalue weighted by Gasteiger charge is 2.22. The van der Waals surface area contributed by atoms with Gasteiger partial charge >= 0.3 is 0 Å². The molecule has 98 valence electrons. The maximum absolute atomic E-state index is 11.8. The average Bonchev–Trinajstić information content (AvgIpc) is 3.02. The van der Waals surface area contributed by atoms with Crippen LogP contribution < -0.4 is 10.6 Å². The molecule has 0 aromatic rings. The highest BCUT2D eigenvalue weighted by molar-refractivity contribution is 5.81. The van der Waals surface area contributed by atoms with Gasteiger partial charge in [0.25, 0.3) is 0 Å². The van der Waals surface area contributed by atoms with E-state index in [4.69, 9.17) is 0 Å². The Bertz CT molecular complexity index is 245. The van der Waals surface area contributed by atoms with E-state index in [9.17, 15) is 4.79 Å². The SMILES string of the molecule is CN(CCNC(=O)C1CCCN1)C1CCCC1. The Morgan fingerprint density at radius 2 is 2.06 bits per heavy atom. The first-order chi connectivity index (χ1) is 8.27. The average molecular weight is 239 g/mol. The standard InChI is InChI=1S/C13H25N3O/c1-16(11-5-2-3-6-11)10-9-15-13(17)12-7-4-8-14-12/h11-12,14H,2-10H2,1H3,(H,15,17). The molecule has 1 saturated heterocycles. The highest BCUT2D eigenvalue weighted by Crippen LogP contribution is 2.21. The normalized spacial score (nSPS) is 25.6. The Balaban J connectivity index is 1.59. The van der Waals surface area contributed by atoms with Crippen molar-refractivity contribution in [2.24, 2.45) is 0 Å².